The van der Waals surface area contributed by atoms with E-state index in [1.807, 2.05) is 0 Å². The number of unbranched alkanes of at least 4 members (excludes halogenated alkanes) is 2. The van der Waals surface area contributed by atoms with E-state index in [2.05, 4.69) is 48.5 Å². The van der Waals surface area contributed by atoms with Crippen molar-refractivity contribution in [1.82, 2.24) is 4.31 Å². The topological polar surface area (TPSA) is 3.24 Å². The summed E-state index contributed by atoms with van der Waals surface area (Å²) in [5.41, 5.74) is 1.34. The predicted molar refractivity (Wildman–Crippen MR) is 99.3 cm³/mol. The first-order valence-electron chi connectivity index (χ1n) is 7.39. The first-order valence-corrected chi connectivity index (χ1v) is 9.56. The average molecular weight is 328 g/mol. The molecule has 0 radical (unpaired) electrons. The molecule has 0 saturated carbocycles. The maximum Gasteiger partial charge on any atom is 0.119 e. The van der Waals surface area contributed by atoms with Crippen molar-refractivity contribution in [3.05, 3.63) is 35.9 Å². The average Bonchev–Trinajstić information content (AvgIpc) is 2.49. The van der Waals surface area contributed by atoms with Gasteiger partial charge in [-0.15, -0.1) is 11.8 Å². The van der Waals surface area contributed by atoms with Crippen LogP contribution in [-0.2, 0) is 5.75 Å². The quantitative estimate of drug-likeness (QED) is 0.419. The van der Waals surface area contributed by atoms with Crippen molar-refractivity contribution in [3.63, 3.8) is 0 Å². The summed E-state index contributed by atoms with van der Waals surface area (Å²) in [7, 11) is 0. The summed E-state index contributed by atoms with van der Waals surface area (Å²) >= 11 is 9.06. The number of nitrogens with zero attached hydrogens (tertiary/aromatic N) is 1. The lowest BCUT2D eigenvalue weighted by atomic mass is 10.2. The Morgan fingerprint density at radius 1 is 1.05 bits per heavy atom. The van der Waals surface area contributed by atoms with Gasteiger partial charge in [-0.05, 0) is 30.4 Å². The van der Waals surface area contributed by atoms with Gasteiger partial charge in [0.1, 0.15) is 3.53 Å². The SMILES string of the molecule is CCCCN(CCCC)SC(=S)SCc1ccccc1. The van der Waals surface area contributed by atoms with E-state index in [4.69, 9.17) is 12.2 Å². The number of thioether (sulfide) groups is 1. The maximum atomic E-state index is 5.51. The zero-order chi connectivity index (χ0) is 14.6. The minimum absolute atomic E-state index is 0.974. The molecule has 0 aliphatic heterocycles. The highest BCUT2D eigenvalue weighted by molar-refractivity contribution is 8.46. The lowest BCUT2D eigenvalue weighted by Gasteiger charge is -2.20. The molecular formula is C16H25NS3. The Bertz CT molecular complexity index is 359. The molecule has 0 atom stereocenters. The fourth-order valence-corrected chi connectivity index (χ4v) is 4.05. The molecule has 0 spiro atoms. The van der Waals surface area contributed by atoms with Crippen LogP contribution in [0, 0.1) is 0 Å². The highest BCUT2D eigenvalue weighted by Gasteiger charge is 2.09. The highest BCUT2D eigenvalue weighted by Crippen LogP contribution is 2.25. The van der Waals surface area contributed by atoms with Gasteiger partial charge in [-0.3, -0.25) is 0 Å². The van der Waals surface area contributed by atoms with Gasteiger partial charge in [0.2, 0.25) is 0 Å². The van der Waals surface area contributed by atoms with E-state index in [-0.39, 0.29) is 0 Å². The van der Waals surface area contributed by atoms with Crippen LogP contribution in [0.5, 0.6) is 0 Å². The van der Waals surface area contributed by atoms with Crippen LogP contribution in [0.2, 0.25) is 0 Å². The number of hydrogen-bond donors (Lipinski definition) is 0. The summed E-state index contributed by atoms with van der Waals surface area (Å²) in [6.45, 7) is 6.77. The van der Waals surface area contributed by atoms with Crippen LogP contribution in [0.4, 0.5) is 0 Å². The number of thiocarbonyl (C=S) groups is 1. The van der Waals surface area contributed by atoms with Gasteiger partial charge < -0.3 is 0 Å². The summed E-state index contributed by atoms with van der Waals surface area (Å²) in [5.74, 6) is 0.974. The Kier molecular flexibility index (Phi) is 10.5. The van der Waals surface area contributed by atoms with Crippen LogP contribution in [0.1, 0.15) is 45.1 Å². The lowest BCUT2D eigenvalue weighted by molar-refractivity contribution is 0.447. The zero-order valence-electron chi connectivity index (χ0n) is 12.5. The third kappa shape index (κ3) is 8.30. The molecule has 0 N–H and O–H groups in total. The second-order valence-electron chi connectivity index (χ2n) is 4.75. The molecule has 0 fully saturated rings. The van der Waals surface area contributed by atoms with Crippen LogP contribution >= 0.6 is 35.9 Å². The van der Waals surface area contributed by atoms with E-state index < -0.39 is 0 Å². The van der Waals surface area contributed by atoms with Gasteiger partial charge in [0.05, 0.1) is 0 Å². The van der Waals surface area contributed by atoms with Crippen LogP contribution in [0.3, 0.4) is 0 Å². The Morgan fingerprint density at radius 3 is 2.20 bits per heavy atom. The van der Waals surface area contributed by atoms with E-state index in [0.29, 0.717) is 0 Å². The molecule has 0 aliphatic carbocycles. The van der Waals surface area contributed by atoms with Crippen molar-refractivity contribution in [2.24, 2.45) is 0 Å². The first-order chi connectivity index (χ1) is 9.76. The van der Waals surface area contributed by atoms with Gasteiger partial charge in [-0.1, -0.05) is 69.2 Å². The molecular weight excluding hydrogens is 302 g/mol. The van der Waals surface area contributed by atoms with Crippen LogP contribution < -0.4 is 0 Å². The second-order valence-corrected chi connectivity index (χ2v) is 8.03. The molecule has 1 aromatic carbocycles. The van der Waals surface area contributed by atoms with Gasteiger partial charge >= 0.3 is 0 Å². The van der Waals surface area contributed by atoms with Crippen molar-refractivity contribution in [3.8, 4) is 0 Å². The minimum atomic E-state index is 0.974. The normalized spacial score (nSPS) is 10.9. The number of rotatable bonds is 9. The summed E-state index contributed by atoms with van der Waals surface area (Å²) in [5, 5.41) is 0. The van der Waals surface area contributed by atoms with Crippen LogP contribution in [0.25, 0.3) is 0 Å². The van der Waals surface area contributed by atoms with Gasteiger partial charge in [0.25, 0.3) is 0 Å². The summed E-state index contributed by atoms with van der Waals surface area (Å²) in [6, 6.07) is 10.5. The van der Waals surface area contributed by atoms with Gasteiger partial charge in [-0.25, -0.2) is 4.31 Å². The lowest BCUT2D eigenvalue weighted by Crippen LogP contribution is -2.19. The van der Waals surface area contributed by atoms with Gasteiger partial charge in [0.15, 0.2) is 0 Å². The van der Waals surface area contributed by atoms with Crippen molar-refractivity contribution < 1.29 is 0 Å². The number of hydrogen-bond acceptors (Lipinski definition) is 4. The third-order valence-corrected chi connectivity index (χ3v) is 5.57. The Hall–Kier alpha value is -0.0300. The van der Waals surface area contributed by atoms with E-state index >= 15 is 0 Å². The van der Waals surface area contributed by atoms with Crippen molar-refractivity contribution in [2.45, 2.75) is 45.3 Å². The molecule has 1 nitrogen and oxygen atoms in total. The minimum Gasteiger partial charge on any atom is -0.245 e. The van der Waals surface area contributed by atoms with Gasteiger partial charge in [-0.2, -0.15) is 0 Å². The van der Waals surface area contributed by atoms with Crippen LogP contribution in [-0.4, -0.2) is 20.9 Å². The second kappa shape index (κ2) is 11.6. The van der Waals surface area contributed by atoms with Crippen molar-refractivity contribution >= 4 is 39.5 Å². The molecule has 20 heavy (non-hydrogen) atoms. The molecule has 0 aliphatic rings. The van der Waals surface area contributed by atoms with Crippen molar-refractivity contribution in [1.29, 1.82) is 0 Å². The molecule has 1 rings (SSSR count). The molecule has 0 heterocycles. The predicted octanol–water partition coefficient (Wildman–Crippen LogP) is 5.76. The van der Waals surface area contributed by atoms with E-state index in [9.17, 15) is 0 Å². The smallest absolute Gasteiger partial charge is 0.119 e. The molecule has 1 aromatic rings. The van der Waals surface area contributed by atoms with Crippen molar-refractivity contribution in [2.75, 3.05) is 13.1 Å². The fraction of sp³-hybridized carbons (Fsp3) is 0.562. The highest BCUT2D eigenvalue weighted by atomic mass is 32.2. The van der Waals surface area contributed by atoms with E-state index in [0.717, 1.165) is 22.4 Å². The first kappa shape index (κ1) is 18.0. The molecule has 0 aromatic heterocycles. The zero-order valence-corrected chi connectivity index (χ0v) is 15.0. The summed E-state index contributed by atoms with van der Waals surface area (Å²) in [4.78, 5) is 0. The van der Waals surface area contributed by atoms with E-state index in [1.165, 1.54) is 31.2 Å². The molecule has 0 unspecified atom stereocenters. The maximum absolute atomic E-state index is 5.51. The molecule has 0 bridgehead atoms. The standard InChI is InChI=1S/C16H25NS3/c1-3-5-12-17(13-6-4-2)20-16(18)19-14-15-10-8-7-9-11-15/h7-11H,3-6,12-14H2,1-2H3. The summed E-state index contributed by atoms with van der Waals surface area (Å²) in [6.07, 6.45) is 4.99. The third-order valence-electron chi connectivity index (χ3n) is 2.93. The van der Waals surface area contributed by atoms with Gasteiger partial charge in [0, 0.05) is 18.8 Å². The van der Waals surface area contributed by atoms with E-state index in [1.54, 1.807) is 23.7 Å². The largest absolute Gasteiger partial charge is 0.245 e. The molecule has 0 saturated heterocycles. The Balaban J connectivity index is 2.32. The molecule has 0 amide bonds. The monoisotopic (exact) mass is 327 g/mol. The molecule has 112 valence electrons. The van der Waals surface area contributed by atoms with Crippen LogP contribution in [0.15, 0.2) is 30.3 Å². The molecule has 4 heteroatoms. The summed E-state index contributed by atoms with van der Waals surface area (Å²) < 4.78 is 3.48. The Labute approximate surface area is 138 Å². The fourth-order valence-electron chi connectivity index (χ4n) is 1.72. The number of benzene rings is 1. The Morgan fingerprint density at radius 2 is 1.65 bits per heavy atom.